The zero-order valence-corrected chi connectivity index (χ0v) is 17.9. The molecule has 3 rings (SSSR count). The van der Waals surface area contributed by atoms with E-state index in [1.54, 1.807) is 18.2 Å². The van der Waals surface area contributed by atoms with E-state index in [0.29, 0.717) is 22.0 Å². The molecule has 5 nitrogen and oxygen atoms in total. The first-order chi connectivity index (χ1) is 14.7. The third-order valence-electron chi connectivity index (χ3n) is 4.78. The van der Waals surface area contributed by atoms with Gasteiger partial charge in [-0.05, 0) is 53.9 Å². The summed E-state index contributed by atoms with van der Waals surface area (Å²) in [4.78, 5) is 25.1. The first-order valence-corrected chi connectivity index (χ1v) is 9.98. The molecule has 2 N–H and O–H groups in total. The molecule has 162 valence electrons. The molecule has 0 atom stereocenters. The largest absolute Gasteiger partial charge is 0.502 e. The number of hydrogen-bond donors (Lipinski definition) is 2. The van der Waals surface area contributed by atoms with Crippen LogP contribution in [-0.4, -0.2) is 22.1 Å². The average molecular weight is 467 g/mol. The lowest BCUT2D eigenvalue weighted by Gasteiger charge is -2.14. The number of hydrogen-bond acceptors (Lipinski definition) is 3. The number of nitrogens with one attached hydrogen (secondary N) is 1. The zero-order chi connectivity index (χ0) is 22.7. The Labute approximate surface area is 186 Å². The summed E-state index contributed by atoms with van der Waals surface area (Å²) < 4.78 is 28.0. The molecule has 9 heteroatoms. The van der Waals surface area contributed by atoms with Crippen LogP contribution in [0.4, 0.5) is 8.78 Å². The fourth-order valence-electron chi connectivity index (χ4n) is 3.18. The first-order valence-electron chi connectivity index (χ1n) is 9.22. The van der Waals surface area contributed by atoms with Gasteiger partial charge >= 0.3 is 0 Å². The van der Waals surface area contributed by atoms with Gasteiger partial charge in [0.1, 0.15) is 12.5 Å². The summed E-state index contributed by atoms with van der Waals surface area (Å²) in [7, 11) is 1.36. The number of aromatic hydroxyl groups is 1. The highest BCUT2D eigenvalue weighted by Crippen LogP contribution is 2.26. The van der Waals surface area contributed by atoms with E-state index in [4.69, 9.17) is 23.2 Å². The molecular formula is C22H18Cl2F2N2O3. The molecule has 0 saturated heterocycles. The van der Waals surface area contributed by atoms with Crippen molar-refractivity contribution in [2.24, 2.45) is 7.05 Å². The van der Waals surface area contributed by atoms with E-state index in [-0.39, 0.29) is 28.9 Å². The van der Waals surface area contributed by atoms with E-state index in [2.05, 4.69) is 5.32 Å². The van der Waals surface area contributed by atoms with Crippen LogP contribution in [0.25, 0.3) is 11.3 Å². The molecule has 31 heavy (non-hydrogen) atoms. The van der Waals surface area contributed by atoms with Crippen LogP contribution in [0.5, 0.6) is 5.75 Å². The van der Waals surface area contributed by atoms with Gasteiger partial charge in [-0.1, -0.05) is 29.3 Å². The number of halogens is 4. The van der Waals surface area contributed by atoms with E-state index >= 15 is 0 Å². The number of carbonyl (C=O) groups excluding carboxylic acids is 1. The fourth-order valence-corrected chi connectivity index (χ4v) is 3.76. The van der Waals surface area contributed by atoms with Crippen LogP contribution in [-0.2, 0) is 20.1 Å². The van der Waals surface area contributed by atoms with E-state index in [1.165, 1.54) is 19.2 Å². The van der Waals surface area contributed by atoms with Crippen LogP contribution in [0.3, 0.4) is 0 Å². The van der Waals surface area contributed by atoms with Gasteiger partial charge in [-0.2, -0.15) is 0 Å². The van der Waals surface area contributed by atoms with Gasteiger partial charge in [0.25, 0.3) is 11.5 Å². The van der Waals surface area contributed by atoms with Crippen molar-refractivity contribution in [3.05, 3.63) is 85.4 Å². The summed E-state index contributed by atoms with van der Waals surface area (Å²) in [6, 6.07) is 9.83. The molecule has 0 bridgehead atoms. The van der Waals surface area contributed by atoms with Crippen molar-refractivity contribution in [1.82, 2.24) is 9.88 Å². The summed E-state index contributed by atoms with van der Waals surface area (Å²) in [5, 5.41) is 13.7. The third kappa shape index (κ3) is 4.89. The molecule has 1 aromatic heterocycles. The quantitative estimate of drug-likeness (QED) is 0.555. The highest BCUT2D eigenvalue weighted by Gasteiger charge is 2.19. The van der Waals surface area contributed by atoms with Crippen LogP contribution in [0, 0.1) is 5.82 Å². The van der Waals surface area contributed by atoms with Crippen LogP contribution < -0.4 is 10.9 Å². The second-order valence-electron chi connectivity index (χ2n) is 6.84. The molecule has 1 heterocycles. The minimum absolute atomic E-state index is 0.0816. The Kier molecular flexibility index (Phi) is 6.97. The number of pyridine rings is 1. The van der Waals surface area contributed by atoms with Crippen molar-refractivity contribution in [2.45, 2.75) is 13.1 Å². The molecule has 0 aliphatic heterocycles. The van der Waals surface area contributed by atoms with Crippen LogP contribution in [0.1, 0.15) is 21.5 Å². The molecule has 0 saturated carbocycles. The second-order valence-corrected chi connectivity index (χ2v) is 7.66. The van der Waals surface area contributed by atoms with Gasteiger partial charge in [-0.3, -0.25) is 9.59 Å². The van der Waals surface area contributed by atoms with Crippen LogP contribution in [0.2, 0.25) is 10.0 Å². The monoisotopic (exact) mass is 466 g/mol. The van der Waals surface area contributed by atoms with E-state index < -0.39 is 29.7 Å². The van der Waals surface area contributed by atoms with Crippen LogP contribution >= 0.6 is 23.2 Å². The van der Waals surface area contributed by atoms with Crippen molar-refractivity contribution >= 4 is 29.1 Å². The molecule has 0 spiro atoms. The molecule has 0 aliphatic rings. The normalized spacial score (nSPS) is 10.9. The Hall–Kier alpha value is -2.90. The van der Waals surface area contributed by atoms with Gasteiger partial charge in [-0.15, -0.1) is 0 Å². The van der Waals surface area contributed by atoms with Crippen LogP contribution in [0.15, 0.2) is 47.3 Å². The lowest BCUT2D eigenvalue weighted by Crippen LogP contribution is -2.29. The zero-order valence-electron chi connectivity index (χ0n) is 16.4. The fraction of sp³-hybridized carbons (Fsp3) is 0.182. The Bertz CT molecular complexity index is 1190. The summed E-state index contributed by atoms with van der Waals surface area (Å²) in [6.45, 7) is -0.757. The minimum atomic E-state index is -0.894. The molecule has 0 aliphatic carbocycles. The third-order valence-corrected chi connectivity index (χ3v) is 5.49. The molecule has 3 aromatic rings. The highest BCUT2D eigenvalue weighted by molar-refractivity contribution is 6.36. The number of rotatable bonds is 6. The van der Waals surface area contributed by atoms with Crippen molar-refractivity contribution < 1.29 is 18.7 Å². The Morgan fingerprint density at radius 1 is 1.16 bits per heavy atom. The summed E-state index contributed by atoms with van der Waals surface area (Å²) >= 11 is 12.2. The average Bonchev–Trinajstić information content (AvgIpc) is 2.73. The highest BCUT2D eigenvalue weighted by atomic mass is 35.5. The molecule has 0 fully saturated rings. The lowest BCUT2D eigenvalue weighted by atomic mass is 10.0. The Balaban J connectivity index is 1.90. The smallest absolute Gasteiger partial charge is 0.293 e. The standard InChI is InChI=1S/C22H18Cl2F2N2O3/c1-28-19(13-7-12(11-25)8-14(26)9-13)10-16(20(29)22(28)31)21(30)27-6-5-15-17(23)3-2-4-18(15)24/h2-4,7-10,29H,5-6,11H2,1H3,(H,27,30). The predicted octanol–water partition coefficient (Wildman–Crippen LogP) is 4.65. The predicted molar refractivity (Wildman–Crippen MR) is 116 cm³/mol. The summed E-state index contributed by atoms with van der Waals surface area (Å²) in [6.07, 6.45) is 0.326. The maximum atomic E-state index is 13.9. The Morgan fingerprint density at radius 2 is 1.84 bits per heavy atom. The van der Waals surface area contributed by atoms with Crippen molar-refractivity contribution in [1.29, 1.82) is 0 Å². The topological polar surface area (TPSA) is 71.3 Å². The van der Waals surface area contributed by atoms with Gasteiger partial charge in [-0.25, -0.2) is 8.78 Å². The number of amides is 1. The molecular weight excluding hydrogens is 449 g/mol. The van der Waals surface area contributed by atoms with Gasteiger partial charge in [0.15, 0.2) is 5.75 Å². The van der Waals surface area contributed by atoms with Gasteiger partial charge in [0.2, 0.25) is 0 Å². The summed E-state index contributed by atoms with van der Waals surface area (Å²) in [5.74, 6) is -2.14. The van der Waals surface area contributed by atoms with E-state index in [0.717, 1.165) is 16.7 Å². The number of aromatic nitrogens is 1. The number of nitrogens with zero attached hydrogens (tertiary/aromatic N) is 1. The SMILES string of the molecule is Cn1c(-c2cc(F)cc(CF)c2)cc(C(=O)NCCc2c(Cl)cccc2Cl)c(O)c1=O. The van der Waals surface area contributed by atoms with E-state index in [1.807, 2.05) is 0 Å². The molecule has 1 amide bonds. The minimum Gasteiger partial charge on any atom is -0.502 e. The maximum Gasteiger partial charge on any atom is 0.293 e. The van der Waals surface area contributed by atoms with Gasteiger partial charge < -0.3 is 15.0 Å². The van der Waals surface area contributed by atoms with Crippen molar-refractivity contribution in [2.75, 3.05) is 6.54 Å². The lowest BCUT2D eigenvalue weighted by molar-refractivity contribution is 0.0951. The Morgan fingerprint density at radius 3 is 2.48 bits per heavy atom. The van der Waals surface area contributed by atoms with Crippen molar-refractivity contribution in [3.63, 3.8) is 0 Å². The number of carbonyl (C=O) groups is 1. The molecule has 2 aromatic carbocycles. The molecule has 0 radical (unpaired) electrons. The molecule has 0 unspecified atom stereocenters. The first kappa shape index (κ1) is 22.8. The second kappa shape index (κ2) is 9.49. The maximum absolute atomic E-state index is 13.9. The van der Waals surface area contributed by atoms with Crippen molar-refractivity contribution in [3.8, 4) is 17.0 Å². The van der Waals surface area contributed by atoms with Gasteiger partial charge in [0, 0.05) is 29.2 Å². The van der Waals surface area contributed by atoms with Gasteiger partial charge in [0.05, 0.1) is 11.3 Å². The number of alkyl halides is 1. The summed E-state index contributed by atoms with van der Waals surface area (Å²) in [5.41, 5.74) is -0.0469. The number of benzene rings is 2. The van der Waals surface area contributed by atoms with E-state index in [9.17, 15) is 23.5 Å².